The van der Waals surface area contributed by atoms with Crippen LogP contribution in [0, 0.1) is 0 Å². The topological polar surface area (TPSA) is 78.9 Å². The van der Waals surface area contributed by atoms with E-state index in [1.807, 2.05) is 6.92 Å². The molecular weight excluding hydrogens is 544 g/mol. The molecule has 0 radical (unpaired) electrons. The van der Waals surface area contributed by atoms with Crippen LogP contribution in [0.3, 0.4) is 0 Å². The van der Waals surface area contributed by atoms with Gasteiger partial charge in [-0.3, -0.25) is 4.79 Å². The molecule has 0 fully saturated rings. The molecule has 1 unspecified atom stereocenters. The Kier molecular flexibility index (Phi) is 16.5. The molecule has 0 aromatic carbocycles. The number of quaternary nitrogens is 1. The molecule has 9 heteroatoms. The maximum atomic E-state index is 11.9. The molecule has 0 aliphatic heterocycles. The van der Waals surface area contributed by atoms with Crippen molar-refractivity contribution < 1.29 is 75.5 Å². The molecule has 24 heavy (non-hydrogen) atoms. The van der Waals surface area contributed by atoms with E-state index in [4.69, 9.17) is 14.2 Å². The predicted molar refractivity (Wildman–Crippen MR) is 80.3 cm³/mol. The first kappa shape index (κ1) is 24.0. The monoisotopic (exact) mass is 572 g/mol. The highest BCUT2D eigenvalue weighted by molar-refractivity contribution is 5.55. The van der Waals surface area contributed by atoms with Crippen LogP contribution in [-0.2, 0) is 23.8 Å². The molecule has 0 N–H and O–H groups in total. The van der Waals surface area contributed by atoms with Gasteiger partial charge in [-0.15, -0.1) is 0 Å². The minimum Gasteiger partial charge on any atom is -0.417 e. The van der Waals surface area contributed by atoms with E-state index >= 15 is 0 Å². The molecule has 0 rings (SSSR count). The lowest BCUT2D eigenvalue weighted by atomic mass is 10.4. The second kappa shape index (κ2) is 16.5. The maximum absolute atomic E-state index is 11.9. The Hall–Kier alpha value is -0.0100. The molecule has 0 amide bonds. The SMILES string of the molecule is CCCCOC[N+](CC)(COC=O)COC(=O)[I+]C[I+]CCC=O. The second-order valence-electron chi connectivity index (χ2n) is 5.02. The number of carbonyl (C=O) groups is 3. The standard InChI is InChI=1S/C15H28I2NO6/c1-3-5-9-22-11-18(4-2,12-23-14-20)13-24-15(21)17-10-16-7-6-8-19/h8,14H,3-7,9-13H2,1-2H3/q+3. The number of carbonyl (C=O) groups excluding carboxylic acids is 3. The average molecular weight is 572 g/mol. The quantitative estimate of drug-likeness (QED) is 0.0333. The van der Waals surface area contributed by atoms with Crippen LogP contribution in [0.25, 0.3) is 0 Å². The molecule has 0 aromatic heterocycles. The molecule has 7 nitrogen and oxygen atoms in total. The smallest absolute Gasteiger partial charge is 0.417 e. The van der Waals surface area contributed by atoms with E-state index in [2.05, 4.69) is 6.92 Å². The van der Waals surface area contributed by atoms with Crippen molar-refractivity contribution in [2.45, 2.75) is 33.1 Å². The van der Waals surface area contributed by atoms with E-state index in [0.29, 0.717) is 32.8 Å². The molecule has 0 aliphatic rings. The van der Waals surface area contributed by atoms with Gasteiger partial charge >= 0.3 is 48.8 Å². The summed E-state index contributed by atoms with van der Waals surface area (Å²) in [5.74, 6) is 0. The zero-order valence-corrected chi connectivity index (χ0v) is 18.7. The number of hydrogen-bond acceptors (Lipinski definition) is 6. The van der Waals surface area contributed by atoms with E-state index < -0.39 is 21.2 Å². The van der Waals surface area contributed by atoms with Crippen molar-refractivity contribution in [1.29, 1.82) is 0 Å². The minimum absolute atomic E-state index is 0.0672. The van der Waals surface area contributed by atoms with E-state index in [0.717, 1.165) is 26.0 Å². The van der Waals surface area contributed by atoms with Crippen LogP contribution < -0.4 is 42.4 Å². The predicted octanol–water partition coefficient (Wildman–Crippen LogP) is -4.45. The van der Waals surface area contributed by atoms with Gasteiger partial charge in [0.1, 0.15) is 6.29 Å². The lowest BCUT2D eigenvalue weighted by Gasteiger charge is -2.33. The third kappa shape index (κ3) is 12.4. The third-order valence-electron chi connectivity index (χ3n) is 3.14. The number of ether oxygens (including phenoxy) is 3. The number of aldehydes is 1. The Labute approximate surface area is 164 Å². The fraction of sp³-hybridized carbons (Fsp3) is 0.800. The van der Waals surface area contributed by atoms with Gasteiger partial charge in [-0.05, 0) is 13.3 Å². The van der Waals surface area contributed by atoms with E-state index in [1.54, 1.807) is 0 Å². The fourth-order valence-electron chi connectivity index (χ4n) is 1.55. The highest BCUT2D eigenvalue weighted by Crippen LogP contribution is 2.08. The summed E-state index contributed by atoms with van der Waals surface area (Å²) in [6, 6.07) is 0. The first-order valence-electron chi connectivity index (χ1n) is 7.85. The van der Waals surface area contributed by atoms with Gasteiger partial charge in [0.05, 0.1) is 13.2 Å². The van der Waals surface area contributed by atoms with Crippen LogP contribution in [-0.4, -0.2) is 61.4 Å². The Morgan fingerprint density at radius 2 is 1.96 bits per heavy atom. The summed E-state index contributed by atoms with van der Waals surface area (Å²) in [6.45, 7) is 6.35. The normalized spacial score (nSPS) is 13.1. The summed E-state index contributed by atoms with van der Waals surface area (Å²) in [5, 5.41) is 0. The van der Waals surface area contributed by atoms with Gasteiger partial charge < -0.3 is 19.0 Å². The van der Waals surface area contributed by atoms with Crippen LogP contribution in [0.1, 0.15) is 33.1 Å². The molecule has 0 spiro atoms. The lowest BCUT2D eigenvalue weighted by molar-refractivity contribution is -0.974. The molecule has 0 heterocycles. The summed E-state index contributed by atoms with van der Waals surface area (Å²) in [4.78, 5) is 32.7. The summed E-state index contributed by atoms with van der Waals surface area (Å²) in [5.41, 5.74) is 0. The van der Waals surface area contributed by atoms with Crippen molar-refractivity contribution in [3.05, 3.63) is 0 Å². The third-order valence-corrected chi connectivity index (χ3v) is 10.8. The molecular formula is C15H28I2NO6+3. The Balaban J connectivity index is 4.27. The van der Waals surface area contributed by atoms with Crippen molar-refractivity contribution in [2.24, 2.45) is 0 Å². The number of hydrogen-bond donors (Lipinski definition) is 0. The van der Waals surface area contributed by atoms with Gasteiger partial charge in [-0.2, -0.15) is 4.79 Å². The second-order valence-corrected chi connectivity index (χ2v) is 13.3. The largest absolute Gasteiger partial charge is 0.562 e. The van der Waals surface area contributed by atoms with Crippen molar-refractivity contribution in [3.8, 4) is 0 Å². The maximum Gasteiger partial charge on any atom is 0.562 e. The molecule has 1 atom stereocenters. The summed E-state index contributed by atoms with van der Waals surface area (Å²) >= 11 is -0.705. The van der Waals surface area contributed by atoms with Gasteiger partial charge in [-0.1, -0.05) is 13.3 Å². The zero-order chi connectivity index (χ0) is 18.1. The van der Waals surface area contributed by atoms with Gasteiger partial charge in [-0.25, -0.2) is 4.48 Å². The van der Waals surface area contributed by atoms with E-state index in [1.165, 1.54) is 0 Å². The summed E-state index contributed by atoms with van der Waals surface area (Å²) in [6.07, 6.45) is 3.53. The molecule has 0 saturated heterocycles. The Morgan fingerprint density at radius 3 is 2.58 bits per heavy atom. The molecule has 0 aliphatic carbocycles. The minimum atomic E-state index is -0.638. The number of nitrogens with zero attached hydrogens (tertiary/aromatic N) is 1. The molecule has 0 saturated carbocycles. The average Bonchev–Trinajstić information content (AvgIpc) is 2.60. The Bertz CT molecular complexity index is 359. The summed E-state index contributed by atoms with van der Waals surface area (Å²) in [7, 11) is 0. The van der Waals surface area contributed by atoms with Crippen LogP contribution in [0.2, 0.25) is 0 Å². The number of alkyl halides is 3. The van der Waals surface area contributed by atoms with Crippen LogP contribution in [0.15, 0.2) is 0 Å². The van der Waals surface area contributed by atoms with Gasteiger partial charge in [0.15, 0.2) is 11.2 Å². The van der Waals surface area contributed by atoms with Crippen molar-refractivity contribution in [1.82, 2.24) is 0 Å². The summed E-state index contributed by atoms with van der Waals surface area (Å²) < 4.78 is 17.9. The van der Waals surface area contributed by atoms with E-state index in [-0.39, 0.29) is 43.1 Å². The number of halogens is 2. The fourth-order valence-corrected chi connectivity index (χ4v) is 8.22. The number of rotatable bonds is 17. The Morgan fingerprint density at radius 1 is 1.17 bits per heavy atom. The van der Waals surface area contributed by atoms with Crippen LogP contribution in [0.4, 0.5) is 4.79 Å². The van der Waals surface area contributed by atoms with Crippen molar-refractivity contribution >= 4 is 16.7 Å². The van der Waals surface area contributed by atoms with Crippen molar-refractivity contribution in [2.75, 3.05) is 40.2 Å². The van der Waals surface area contributed by atoms with Gasteiger partial charge in [0.25, 0.3) is 6.47 Å². The molecule has 0 aromatic rings. The number of unbranched alkanes of at least 4 members (excludes halogenated alkanes) is 1. The molecule has 0 bridgehead atoms. The first-order chi connectivity index (χ1) is 11.6. The van der Waals surface area contributed by atoms with Gasteiger partial charge in [0.2, 0.25) is 13.5 Å². The van der Waals surface area contributed by atoms with Crippen molar-refractivity contribution in [3.63, 3.8) is 0 Å². The molecule has 140 valence electrons. The first-order valence-corrected chi connectivity index (χ1v) is 13.5. The zero-order valence-electron chi connectivity index (χ0n) is 14.4. The highest BCUT2D eigenvalue weighted by atomic mass is 127. The van der Waals surface area contributed by atoms with Crippen LogP contribution >= 0.6 is 0 Å². The highest BCUT2D eigenvalue weighted by Gasteiger charge is 2.34. The van der Waals surface area contributed by atoms with E-state index in [9.17, 15) is 14.4 Å². The van der Waals surface area contributed by atoms with Gasteiger partial charge in [0, 0.05) is 6.42 Å². The lowest BCUT2D eigenvalue weighted by Crippen LogP contribution is -3.85. The van der Waals surface area contributed by atoms with Crippen LogP contribution in [0.5, 0.6) is 0 Å².